The van der Waals surface area contributed by atoms with Crippen LogP contribution in [0.4, 0.5) is 0 Å². The Hall–Kier alpha value is -1.64. The number of hydrogen-bond donors (Lipinski definition) is 1. The van der Waals surface area contributed by atoms with Crippen LogP contribution in [0.1, 0.15) is 42.4 Å². The lowest BCUT2D eigenvalue weighted by Gasteiger charge is -2.36. The Morgan fingerprint density at radius 3 is 2.36 bits per heavy atom. The van der Waals surface area contributed by atoms with Crippen LogP contribution in [0.2, 0.25) is 0 Å². The number of hydrogen-bond acceptors (Lipinski definition) is 2. The molecule has 0 saturated carbocycles. The molecule has 0 bridgehead atoms. The molecule has 1 N–H and O–H groups in total. The Labute approximate surface area is 152 Å². The molecule has 1 aliphatic heterocycles. The summed E-state index contributed by atoms with van der Waals surface area (Å²) in [6, 6.07) is 21.3. The maximum atomic E-state index is 3.83. The Bertz CT molecular complexity index is 642. The van der Waals surface area contributed by atoms with Crippen LogP contribution >= 0.6 is 0 Å². The van der Waals surface area contributed by atoms with Crippen LogP contribution < -0.4 is 5.32 Å². The van der Waals surface area contributed by atoms with Crippen LogP contribution in [0.25, 0.3) is 0 Å². The van der Waals surface area contributed by atoms with Crippen LogP contribution in [-0.2, 0) is 19.4 Å². The molecule has 1 aliphatic carbocycles. The molecule has 1 heterocycles. The van der Waals surface area contributed by atoms with Gasteiger partial charge in [0.1, 0.15) is 0 Å². The molecule has 1 fully saturated rings. The van der Waals surface area contributed by atoms with Gasteiger partial charge in [0, 0.05) is 18.6 Å². The molecule has 0 amide bonds. The Balaban J connectivity index is 1.26. The number of rotatable bonds is 6. The lowest BCUT2D eigenvalue weighted by molar-refractivity contribution is 0.131. The first-order chi connectivity index (χ1) is 12.4. The molecule has 0 radical (unpaired) electrons. The molecule has 1 saturated heterocycles. The zero-order valence-electron chi connectivity index (χ0n) is 15.2. The van der Waals surface area contributed by atoms with Crippen LogP contribution in [0.3, 0.4) is 0 Å². The number of piperidine rings is 1. The molecule has 2 aromatic rings. The molecule has 1 unspecified atom stereocenters. The van der Waals surface area contributed by atoms with Crippen molar-refractivity contribution < 1.29 is 0 Å². The zero-order chi connectivity index (χ0) is 16.9. The molecule has 1 atom stereocenters. The van der Waals surface area contributed by atoms with Crippen LogP contribution in [0.5, 0.6) is 0 Å². The summed E-state index contributed by atoms with van der Waals surface area (Å²) in [7, 11) is 0. The van der Waals surface area contributed by atoms with E-state index in [1.54, 1.807) is 11.1 Å². The van der Waals surface area contributed by atoms with E-state index in [2.05, 4.69) is 64.8 Å². The van der Waals surface area contributed by atoms with E-state index in [4.69, 9.17) is 0 Å². The van der Waals surface area contributed by atoms with E-state index in [1.807, 2.05) is 0 Å². The van der Waals surface area contributed by atoms with Crippen molar-refractivity contribution in [2.45, 2.75) is 57.2 Å². The molecule has 132 valence electrons. The Morgan fingerprint density at radius 2 is 1.60 bits per heavy atom. The first kappa shape index (κ1) is 16.8. The minimum Gasteiger partial charge on any atom is -0.313 e. The third kappa shape index (κ3) is 4.31. The number of fused-ring (bicyclic) bond motifs is 1. The van der Waals surface area contributed by atoms with Gasteiger partial charge in [-0.1, -0.05) is 61.0 Å². The van der Waals surface area contributed by atoms with Gasteiger partial charge in [0.05, 0.1) is 0 Å². The van der Waals surface area contributed by atoms with Gasteiger partial charge in [0.2, 0.25) is 0 Å². The fraction of sp³-hybridized carbons (Fsp3) is 0.478. The van der Waals surface area contributed by atoms with Gasteiger partial charge >= 0.3 is 0 Å². The predicted molar refractivity (Wildman–Crippen MR) is 105 cm³/mol. The average Bonchev–Trinajstić information content (AvgIpc) is 3.07. The van der Waals surface area contributed by atoms with E-state index in [9.17, 15) is 0 Å². The number of likely N-dealkylation sites (tertiary alicyclic amines) is 1. The summed E-state index contributed by atoms with van der Waals surface area (Å²) >= 11 is 0. The average molecular weight is 335 g/mol. The number of benzene rings is 2. The summed E-state index contributed by atoms with van der Waals surface area (Å²) in [5.41, 5.74) is 4.54. The largest absolute Gasteiger partial charge is 0.313 e. The van der Waals surface area contributed by atoms with E-state index in [-0.39, 0.29) is 0 Å². The first-order valence-electron chi connectivity index (χ1n) is 9.96. The second-order valence-corrected chi connectivity index (χ2v) is 7.72. The molecule has 25 heavy (non-hydrogen) atoms. The van der Waals surface area contributed by atoms with Gasteiger partial charge < -0.3 is 5.32 Å². The molecule has 2 aromatic carbocycles. The van der Waals surface area contributed by atoms with E-state index in [0.717, 1.165) is 19.1 Å². The van der Waals surface area contributed by atoms with Crippen molar-refractivity contribution >= 4 is 0 Å². The second-order valence-electron chi connectivity index (χ2n) is 7.72. The predicted octanol–water partition coefficient (Wildman–Crippen LogP) is 4.19. The summed E-state index contributed by atoms with van der Waals surface area (Å²) in [6.07, 6.45) is 7.79. The zero-order valence-corrected chi connectivity index (χ0v) is 15.2. The van der Waals surface area contributed by atoms with Crippen LogP contribution in [0, 0.1) is 0 Å². The topological polar surface area (TPSA) is 15.3 Å². The lowest BCUT2D eigenvalue weighted by atomic mass is 9.98. The van der Waals surface area contributed by atoms with Crippen LogP contribution in [0.15, 0.2) is 54.6 Å². The molecule has 0 aromatic heterocycles. The minimum absolute atomic E-state index is 0.642. The van der Waals surface area contributed by atoms with Crippen molar-refractivity contribution in [1.29, 1.82) is 0 Å². The fourth-order valence-electron chi connectivity index (χ4n) is 4.57. The van der Waals surface area contributed by atoms with E-state index in [1.165, 1.54) is 50.6 Å². The molecular weight excluding hydrogens is 304 g/mol. The van der Waals surface area contributed by atoms with Gasteiger partial charge in [-0.15, -0.1) is 0 Å². The van der Waals surface area contributed by atoms with Gasteiger partial charge in [0.25, 0.3) is 0 Å². The van der Waals surface area contributed by atoms with Crippen molar-refractivity contribution in [3.05, 3.63) is 71.3 Å². The number of nitrogens with zero attached hydrogens (tertiary/aromatic N) is 1. The molecule has 2 heteroatoms. The van der Waals surface area contributed by atoms with Crippen molar-refractivity contribution in [2.24, 2.45) is 0 Å². The number of nitrogens with one attached hydrogen (secondary N) is 1. The fourth-order valence-corrected chi connectivity index (χ4v) is 4.57. The van der Waals surface area contributed by atoms with Gasteiger partial charge in [-0.3, -0.25) is 4.90 Å². The van der Waals surface area contributed by atoms with Gasteiger partial charge in [-0.25, -0.2) is 0 Å². The monoisotopic (exact) mass is 334 g/mol. The third-order valence-corrected chi connectivity index (χ3v) is 5.94. The summed E-state index contributed by atoms with van der Waals surface area (Å²) in [5.74, 6) is 0. The molecule has 2 aliphatic rings. The highest BCUT2D eigenvalue weighted by molar-refractivity contribution is 5.33. The van der Waals surface area contributed by atoms with Crippen molar-refractivity contribution in [1.82, 2.24) is 10.2 Å². The molecule has 2 nitrogen and oxygen atoms in total. The second kappa shape index (κ2) is 8.16. The summed E-state index contributed by atoms with van der Waals surface area (Å²) in [4.78, 5) is 2.71. The highest BCUT2D eigenvalue weighted by atomic mass is 15.2. The van der Waals surface area contributed by atoms with Gasteiger partial charge in [-0.2, -0.15) is 0 Å². The van der Waals surface area contributed by atoms with E-state index >= 15 is 0 Å². The SMILES string of the molecule is c1ccc(CN2CCCCC2CCNC2Cc3ccccc3C2)cc1. The summed E-state index contributed by atoms with van der Waals surface area (Å²) in [6.45, 7) is 3.52. The van der Waals surface area contributed by atoms with Crippen molar-refractivity contribution in [3.63, 3.8) is 0 Å². The highest BCUT2D eigenvalue weighted by Gasteiger charge is 2.24. The third-order valence-electron chi connectivity index (χ3n) is 5.94. The molecule has 4 rings (SSSR count). The van der Waals surface area contributed by atoms with Crippen molar-refractivity contribution in [2.75, 3.05) is 13.1 Å². The Kier molecular flexibility index (Phi) is 5.49. The van der Waals surface area contributed by atoms with Gasteiger partial charge in [-0.05, 0) is 61.9 Å². The lowest BCUT2D eigenvalue weighted by Crippen LogP contribution is -2.41. The first-order valence-corrected chi connectivity index (χ1v) is 9.96. The maximum absolute atomic E-state index is 3.83. The molecule has 0 spiro atoms. The normalized spacial score (nSPS) is 21.4. The standard InChI is InChI=1S/C23H30N2/c1-2-8-19(9-3-1)18-25-15-7-6-12-23(25)13-14-24-22-16-20-10-4-5-11-21(20)17-22/h1-5,8-11,22-24H,6-7,12-18H2. The summed E-state index contributed by atoms with van der Waals surface area (Å²) < 4.78 is 0. The van der Waals surface area contributed by atoms with E-state index < -0.39 is 0 Å². The highest BCUT2D eigenvalue weighted by Crippen LogP contribution is 2.23. The minimum atomic E-state index is 0.642. The van der Waals surface area contributed by atoms with Gasteiger partial charge in [0.15, 0.2) is 0 Å². The van der Waals surface area contributed by atoms with Crippen molar-refractivity contribution in [3.8, 4) is 0 Å². The quantitative estimate of drug-likeness (QED) is 0.852. The Morgan fingerprint density at radius 1 is 0.880 bits per heavy atom. The molecular formula is C23H30N2. The van der Waals surface area contributed by atoms with E-state index in [0.29, 0.717) is 6.04 Å². The smallest absolute Gasteiger partial charge is 0.0236 e. The van der Waals surface area contributed by atoms with Crippen LogP contribution in [-0.4, -0.2) is 30.1 Å². The maximum Gasteiger partial charge on any atom is 0.0236 e. The summed E-state index contributed by atoms with van der Waals surface area (Å²) in [5, 5.41) is 3.83.